The molecule has 1 aliphatic heterocycles. The van der Waals surface area contributed by atoms with Gasteiger partial charge in [-0.15, -0.1) is 0 Å². The monoisotopic (exact) mass is 213 g/mol. The fourth-order valence-corrected chi connectivity index (χ4v) is 2.17. The number of rotatable bonds is 1. The van der Waals surface area contributed by atoms with Crippen LogP contribution in [0.3, 0.4) is 0 Å². The molecule has 1 fully saturated rings. The normalized spacial score (nSPS) is 25.2. The zero-order chi connectivity index (χ0) is 11.6. The minimum atomic E-state index is -0.111. The van der Waals surface area contributed by atoms with Crippen molar-refractivity contribution in [2.45, 2.75) is 53.1 Å². The molecule has 0 aromatic heterocycles. The van der Waals surface area contributed by atoms with Crippen molar-refractivity contribution in [2.24, 2.45) is 5.41 Å². The first-order chi connectivity index (χ1) is 6.84. The summed E-state index contributed by atoms with van der Waals surface area (Å²) in [7, 11) is 0. The highest BCUT2D eigenvalue weighted by Gasteiger charge is 2.39. The largest absolute Gasteiger partial charge is 0.464 e. The van der Waals surface area contributed by atoms with Gasteiger partial charge in [0.15, 0.2) is 0 Å². The van der Waals surface area contributed by atoms with Crippen molar-refractivity contribution >= 4 is 5.97 Å². The van der Waals surface area contributed by atoms with Gasteiger partial charge in [-0.2, -0.15) is 0 Å². The molecule has 0 bridgehead atoms. The van der Waals surface area contributed by atoms with Crippen molar-refractivity contribution in [3.8, 4) is 0 Å². The molecule has 3 heteroatoms. The van der Waals surface area contributed by atoms with Gasteiger partial charge < -0.3 is 4.74 Å². The number of cyclic esters (lactones) is 1. The second kappa shape index (κ2) is 4.52. The van der Waals surface area contributed by atoms with E-state index in [1.807, 2.05) is 0 Å². The molecule has 1 saturated heterocycles. The molecule has 0 aliphatic carbocycles. The van der Waals surface area contributed by atoms with Crippen LogP contribution in [0, 0.1) is 5.41 Å². The molecule has 0 unspecified atom stereocenters. The Hall–Kier alpha value is -0.570. The van der Waals surface area contributed by atoms with Crippen LogP contribution in [-0.2, 0) is 9.53 Å². The second-order valence-corrected chi connectivity index (χ2v) is 5.62. The Morgan fingerprint density at radius 3 is 2.47 bits per heavy atom. The van der Waals surface area contributed by atoms with Crippen LogP contribution in [0.25, 0.3) is 0 Å². The van der Waals surface area contributed by atoms with Gasteiger partial charge in [0.25, 0.3) is 0 Å². The van der Waals surface area contributed by atoms with E-state index in [4.69, 9.17) is 4.74 Å². The predicted octanol–water partition coefficient (Wildman–Crippen LogP) is 2.06. The first-order valence-electron chi connectivity index (χ1n) is 5.76. The van der Waals surface area contributed by atoms with E-state index >= 15 is 0 Å². The average Bonchev–Trinajstić information content (AvgIpc) is 2.24. The summed E-state index contributed by atoms with van der Waals surface area (Å²) < 4.78 is 5.24. The molecular weight excluding hydrogens is 190 g/mol. The Morgan fingerprint density at radius 1 is 1.40 bits per heavy atom. The summed E-state index contributed by atoms with van der Waals surface area (Å²) in [5.74, 6) is -0.0614. The van der Waals surface area contributed by atoms with Gasteiger partial charge in [-0.3, -0.25) is 9.69 Å². The number of carbonyl (C=O) groups excluding carboxylic acids is 1. The number of hydrogen-bond donors (Lipinski definition) is 0. The lowest BCUT2D eigenvalue weighted by atomic mass is 9.85. The van der Waals surface area contributed by atoms with Crippen LogP contribution in [0.2, 0.25) is 0 Å². The van der Waals surface area contributed by atoms with E-state index in [2.05, 4.69) is 39.5 Å². The molecule has 3 nitrogen and oxygen atoms in total. The quantitative estimate of drug-likeness (QED) is 0.624. The SMILES string of the molecule is CC(C)N1CCCOC(=O)[C@H]1C(C)(C)C. The third-order valence-corrected chi connectivity index (χ3v) is 2.84. The van der Waals surface area contributed by atoms with Crippen LogP contribution in [0.5, 0.6) is 0 Å². The van der Waals surface area contributed by atoms with Crippen molar-refractivity contribution in [3.63, 3.8) is 0 Å². The van der Waals surface area contributed by atoms with Crippen LogP contribution in [0.1, 0.15) is 41.0 Å². The maximum atomic E-state index is 11.9. The minimum Gasteiger partial charge on any atom is -0.464 e. The molecule has 1 atom stereocenters. The molecule has 0 saturated carbocycles. The summed E-state index contributed by atoms with van der Waals surface area (Å²) in [6, 6.07) is 0.278. The minimum absolute atomic E-state index is 0.0614. The molecule has 15 heavy (non-hydrogen) atoms. The molecule has 0 spiro atoms. The highest BCUT2D eigenvalue weighted by Crippen LogP contribution is 2.28. The van der Waals surface area contributed by atoms with Crippen molar-refractivity contribution < 1.29 is 9.53 Å². The van der Waals surface area contributed by atoms with Gasteiger partial charge in [-0.05, 0) is 25.7 Å². The van der Waals surface area contributed by atoms with Crippen LogP contribution < -0.4 is 0 Å². The molecule has 1 rings (SSSR count). The Morgan fingerprint density at radius 2 is 2.00 bits per heavy atom. The zero-order valence-corrected chi connectivity index (χ0v) is 10.5. The van der Waals surface area contributed by atoms with E-state index in [0.29, 0.717) is 12.6 Å². The number of ether oxygens (including phenoxy) is 1. The van der Waals surface area contributed by atoms with Crippen molar-refractivity contribution in [2.75, 3.05) is 13.2 Å². The summed E-state index contributed by atoms with van der Waals surface area (Å²) in [6.07, 6.45) is 0.941. The average molecular weight is 213 g/mol. The summed E-state index contributed by atoms with van der Waals surface area (Å²) in [4.78, 5) is 14.2. The third-order valence-electron chi connectivity index (χ3n) is 2.84. The Labute approximate surface area is 92.8 Å². The van der Waals surface area contributed by atoms with Crippen LogP contribution >= 0.6 is 0 Å². The second-order valence-electron chi connectivity index (χ2n) is 5.62. The standard InChI is InChI=1S/C12H23NO2/c1-9(2)13-7-6-8-15-11(14)10(13)12(3,4)5/h9-10H,6-8H2,1-5H3/t10-/m0/s1. The fraction of sp³-hybridized carbons (Fsp3) is 0.917. The van der Waals surface area contributed by atoms with E-state index < -0.39 is 0 Å². The first kappa shape index (κ1) is 12.5. The van der Waals surface area contributed by atoms with Crippen LogP contribution in [0.15, 0.2) is 0 Å². The van der Waals surface area contributed by atoms with Gasteiger partial charge in [0.1, 0.15) is 6.04 Å². The first-order valence-corrected chi connectivity index (χ1v) is 5.76. The maximum absolute atomic E-state index is 11.9. The molecular formula is C12H23NO2. The van der Waals surface area contributed by atoms with Crippen molar-refractivity contribution in [3.05, 3.63) is 0 Å². The van der Waals surface area contributed by atoms with Crippen molar-refractivity contribution in [1.82, 2.24) is 4.90 Å². The number of carbonyl (C=O) groups is 1. The number of nitrogens with zero attached hydrogens (tertiary/aromatic N) is 1. The molecule has 88 valence electrons. The molecule has 0 aromatic rings. The molecule has 0 radical (unpaired) electrons. The van der Waals surface area contributed by atoms with E-state index in [1.54, 1.807) is 0 Å². The third kappa shape index (κ3) is 2.94. The van der Waals surface area contributed by atoms with E-state index in [-0.39, 0.29) is 17.4 Å². The van der Waals surface area contributed by atoms with E-state index in [0.717, 1.165) is 13.0 Å². The predicted molar refractivity (Wildman–Crippen MR) is 60.7 cm³/mol. The van der Waals surface area contributed by atoms with Gasteiger partial charge in [-0.1, -0.05) is 20.8 Å². The fourth-order valence-electron chi connectivity index (χ4n) is 2.17. The topological polar surface area (TPSA) is 29.5 Å². The molecule has 0 N–H and O–H groups in total. The van der Waals surface area contributed by atoms with Gasteiger partial charge in [0.2, 0.25) is 0 Å². The molecule has 1 heterocycles. The van der Waals surface area contributed by atoms with Gasteiger partial charge >= 0.3 is 5.97 Å². The summed E-state index contributed by atoms with van der Waals surface area (Å²) in [5, 5.41) is 0. The van der Waals surface area contributed by atoms with Gasteiger partial charge in [-0.25, -0.2) is 0 Å². The highest BCUT2D eigenvalue weighted by atomic mass is 16.5. The number of esters is 1. The Bertz CT molecular complexity index is 230. The summed E-state index contributed by atoms with van der Waals surface area (Å²) >= 11 is 0. The molecule has 0 aromatic carbocycles. The lowest BCUT2D eigenvalue weighted by molar-refractivity contribution is -0.152. The van der Waals surface area contributed by atoms with Crippen molar-refractivity contribution in [1.29, 1.82) is 0 Å². The van der Waals surface area contributed by atoms with Crippen LogP contribution in [-0.4, -0.2) is 36.1 Å². The van der Waals surface area contributed by atoms with E-state index in [9.17, 15) is 4.79 Å². The molecule has 1 aliphatic rings. The lowest BCUT2D eigenvalue weighted by Crippen LogP contribution is -2.51. The van der Waals surface area contributed by atoms with Crippen LogP contribution in [0.4, 0.5) is 0 Å². The highest BCUT2D eigenvalue weighted by molar-refractivity contribution is 5.77. The Balaban J connectivity index is 2.94. The molecule has 0 amide bonds. The smallest absolute Gasteiger partial charge is 0.323 e. The summed E-state index contributed by atoms with van der Waals surface area (Å²) in [5.41, 5.74) is -0.0638. The lowest BCUT2D eigenvalue weighted by Gasteiger charge is -2.38. The Kier molecular flexibility index (Phi) is 3.77. The summed E-state index contributed by atoms with van der Waals surface area (Å²) in [6.45, 7) is 12.1. The number of hydrogen-bond acceptors (Lipinski definition) is 3. The zero-order valence-electron chi connectivity index (χ0n) is 10.5. The maximum Gasteiger partial charge on any atom is 0.323 e. The van der Waals surface area contributed by atoms with Gasteiger partial charge in [0.05, 0.1) is 6.61 Å². The van der Waals surface area contributed by atoms with Gasteiger partial charge in [0, 0.05) is 12.6 Å². The van der Waals surface area contributed by atoms with E-state index in [1.165, 1.54) is 0 Å².